The molecule has 3 heterocycles. The van der Waals surface area contributed by atoms with E-state index >= 15 is 0 Å². The van der Waals surface area contributed by atoms with E-state index in [4.69, 9.17) is 4.74 Å². The van der Waals surface area contributed by atoms with Crippen LogP contribution in [0.3, 0.4) is 0 Å². The molecule has 128 valence electrons. The van der Waals surface area contributed by atoms with Crippen molar-refractivity contribution in [1.82, 2.24) is 30.5 Å². The second-order valence-corrected chi connectivity index (χ2v) is 6.71. The molecule has 1 amide bonds. The molecule has 0 unspecified atom stereocenters. The highest BCUT2D eigenvalue weighted by molar-refractivity contribution is 5.94. The number of hydrogen-bond acceptors (Lipinski definition) is 5. The van der Waals surface area contributed by atoms with Crippen molar-refractivity contribution < 1.29 is 9.53 Å². The van der Waals surface area contributed by atoms with Gasteiger partial charge in [-0.15, -0.1) is 5.10 Å². The predicted octanol–water partition coefficient (Wildman–Crippen LogP) is 1.68. The summed E-state index contributed by atoms with van der Waals surface area (Å²) in [5.41, 5.74) is 3.08. The molecule has 0 aromatic carbocycles. The van der Waals surface area contributed by atoms with Crippen LogP contribution in [0, 0.1) is 0 Å². The first-order chi connectivity index (χ1) is 11.6. The first-order valence-corrected chi connectivity index (χ1v) is 8.53. The van der Waals surface area contributed by atoms with E-state index in [0.717, 1.165) is 29.8 Å². The van der Waals surface area contributed by atoms with Gasteiger partial charge in [0.2, 0.25) is 0 Å². The standard InChI is InChI=1S/C16H22N6O2/c1-9-6-13-14(10(2)24-9)19-20-15(13)16(23)17-7-11-8-22(21-18-11)12-4-3-5-12/h8-10,12H,3-7H2,1-2H3,(H,17,23)(H,19,20)/t9-,10+/m1/s1. The van der Waals surface area contributed by atoms with Crippen molar-refractivity contribution in [3.05, 3.63) is 28.8 Å². The predicted molar refractivity (Wildman–Crippen MR) is 85.3 cm³/mol. The van der Waals surface area contributed by atoms with E-state index in [9.17, 15) is 4.79 Å². The van der Waals surface area contributed by atoms with Gasteiger partial charge in [-0.1, -0.05) is 5.21 Å². The summed E-state index contributed by atoms with van der Waals surface area (Å²) in [6.45, 7) is 4.33. The molecule has 8 nitrogen and oxygen atoms in total. The lowest BCUT2D eigenvalue weighted by molar-refractivity contribution is -0.00697. The van der Waals surface area contributed by atoms with Gasteiger partial charge in [0.1, 0.15) is 5.69 Å². The third-order valence-corrected chi connectivity index (χ3v) is 4.89. The van der Waals surface area contributed by atoms with Crippen LogP contribution in [-0.2, 0) is 17.7 Å². The highest BCUT2D eigenvalue weighted by atomic mass is 16.5. The summed E-state index contributed by atoms with van der Waals surface area (Å²) in [6, 6.07) is 0.475. The molecule has 2 N–H and O–H groups in total. The zero-order valence-electron chi connectivity index (χ0n) is 14.0. The molecule has 24 heavy (non-hydrogen) atoms. The van der Waals surface area contributed by atoms with E-state index in [0.29, 0.717) is 24.7 Å². The number of rotatable bonds is 4. The van der Waals surface area contributed by atoms with Crippen LogP contribution in [-0.4, -0.2) is 37.2 Å². The Morgan fingerprint density at radius 1 is 1.46 bits per heavy atom. The summed E-state index contributed by atoms with van der Waals surface area (Å²) in [4.78, 5) is 12.5. The lowest BCUT2D eigenvalue weighted by Crippen LogP contribution is -2.27. The Bertz CT molecular complexity index is 748. The average molecular weight is 330 g/mol. The number of H-pyrrole nitrogens is 1. The third kappa shape index (κ3) is 2.71. The zero-order chi connectivity index (χ0) is 16.7. The molecule has 2 atom stereocenters. The van der Waals surface area contributed by atoms with Crippen LogP contribution in [0.1, 0.15) is 72.7 Å². The molecule has 0 spiro atoms. The summed E-state index contributed by atoms with van der Waals surface area (Å²) < 4.78 is 7.66. The third-order valence-electron chi connectivity index (χ3n) is 4.89. The molecule has 1 fully saturated rings. The maximum absolute atomic E-state index is 12.5. The molecule has 0 saturated heterocycles. The monoisotopic (exact) mass is 330 g/mol. The summed E-state index contributed by atoms with van der Waals surface area (Å²) in [6.07, 6.45) is 6.19. The molecular formula is C16H22N6O2. The minimum atomic E-state index is -0.188. The van der Waals surface area contributed by atoms with Crippen molar-refractivity contribution >= 4 is 5.91 Å². The molecule has 0 bridgehead atoms. The number of carbonyl (C=O) groups excluding carboxylic acids is 1. The number of nitrogens with zero attached hydrogens (tertiary/aromatic N) is 4. The SMILES string of the molecule is C[C@@H]1Cc2c(C(=O)NCc3cn(C4CCC4)nn3)n[nH]c2[C@H](C)O1. The lowest BCUT2D eigenvalue weighted by atomic mass is 9.93. The van der Waals surface area contributed by atoms with Crippen LogP contribution in [0.2, 0.25) is 0 Å². The van der Waals surface area contributed by atoms with E-state index in [1.54, 1.807) is 0 Å². The molecule has 2 aliphatic rings. The molecule has 4 rings (SSSR count). The minimum Gasteiger partial charge on any atom is -0.369 e. The number of fused-ring (bicyclic) bond motifs is 1. The molecule has 2 aromatic heterocycles. The number of aromatic amines is 1. The Balaban J connectivity index is 1.42. The minimum absolute atomic E-state index is 0.0693. The van der Waals surface area contributed by atoms with Gasteiger partial charge in [-0.2, -0.15) is 5.10 Å². The molecule has 1 saturated carbocycles. The van der Waals surface area contributed by atoms with Gasteiger partial charge in [0.05, 0.1) is 36.7 Å². The van der Waals surface area contributed by atoms with Crippen molar-refractivity contribution in [2.24, 2.45) is 0 Å². The Hall–Kier alpha value is -2.22. The Labute approximate surface area is 140 Å². The van der Waals surface area contributed by atoms with Crippen LogP contribution in [0.15, 0.2) is 6.20 Å². The Kier molecular flexibility index (Phi) is 3.84. The smallest absolute Gasteiger partial charge is 0.272 e. The van der Waals surface area contributed by atoms with Gasteiger partial charge in [0.15, 0.2) is 5.69 Å². The van der Waals surface area contributed by atoms with Crippen LogP contribution in [0.5, 0.6) is 0 Å². The summed E-state index contributed by atoms with van der Waals surface area (Å²) >= 11 is 0. The summed E-state index contributed by atoms with van der Waals surface area (Å²) in [7, 11) is 0. The molecular weight excluding hydrogens is 308 g/mol. The van der Waals surface area contributed by atoms with E-state index in [2.05, 4.69) is 25.8 Å². The maximum atomic E-state index is 12.5. The highest BCUT2D eigenvalue weighted by Gasteiger charge is 2.29. The molecule has 1 aliphatic heterocycles. The Morgan fingerprint density at radius 3 is 3.04 bits per heavy atom. The van der Waals surface area contributed by atoms with Crippen LogP contribution >= 0.6 is 0 Å². The van der Waals surface area contributed by atoms with Crippen molar-refractivity contribution in [1.29, 1.82) is 0 Å². The number of aromatic nitrogens is 5. The van der Waals surface area contributed by atoms with Gasteiger partial charge in [-0.05, 0) is 33.1 Å². The first kappa shape index (κ1) is 15.3. The maximum Gasteiger partial charge on any atom is 0.272 e. The van der Waals surface area contributed by atoms with E-state index in [1.807, 2.05) is 24.7 Å². The zero-order valence-corrected chi connectivity index (χ0v) is 14.0. The number of carbonyl (C=O) groups is 1. The number of nitrogens with one attached hydrogen (secondary N) is 2. The van der Waals surface area contributed by atoms with Gasteiger partial charge in [0, 0.05) is 12.0 Å². The second kappa shape index (κ2) is 6.01. The van der Waals surface area contributed by atoms with Gasteiger partial charge in [-0.3, -0.25) is 9.89 Å². The number of hydrogen-bond donors (Lipinski definition) is 2. The van der Waals surface area contributed by atoms with Gasteiger partial charge in [-0.25, -0.2) is 4.68 Å². The van der Waals surface area contributed by atoms with Crippen molar-refractivity contribution in [2.75, 3.05) is 0 Å². The topological polar surface area (TPSA) is 97.7 Å². The van der Waals surface area contributed by atoms with Crippen molar-refractivity contribution in [3.63, 3.8) is 0 Å². The first-order valence-electron chi connectivity index (χ1n) is 8.53. The highest BCUT2D eigenvalue weighted by Crippen LogP contribution is 2.31. The number of amides is 1. The quantitative estimate of drug-likeness (QED) is 0.889. The van der Waals surface area contributed by atoms with E-state index in [1.165, 1.54) is 6.42 Å². The van der Waals surface area contributed by atoms with Crippen LogP contribution in [0.4, 0.5) is 0 Å². The Morgan fingerprint density at radius 2 is 2.29 bits per heavy atom. The van der Waals surface area contributed by atoms with E-state index in [-0.39, 0.29) is 18.1 Å². The summed E-state index contributed by atoms with van der Waals surface area (Å²) in [5, 5.41) is 18.3. The van der Waals surface area contributed by atoms with Gasteiger partial charge >= 0.3 is 0 Å². The van der Waals surface area contributed by atoms with Crippen LogP contribution in [0.25, 0.3) is 0 Å². The van der Waals surface area contributed by atoms with Crippen molar-refractivity contribution in [3.8, 4) is 0 Å². The van der Waals surface area contributed by atoms with Crippen LogP contribution < -0.4 is 5.32 Å². The van der Waals surface area contributed by atoms with Gasteiger partial charge in [0.25, 0.3) is 5.91 Å². The summed E-state index contributed by atoms with van der Waals surface area (Å²) in [5.74, 6) is -0.188. The molecule has 8 heteroatoms. The van der Waals surface area contributed by atoms with Gasteiger partial charge < -0.3 is 10.1 Å². The largest absolute Gasteiger partial charge is 0.369 e. The molecule has 1 aliphatic carbocycles. The number of ether oxygens (including phenoxy) is 1. The fraction of sp³-hybridized carbons (Fsp3) is 0.625. The molecule has 2 aromatic rings. The average Bonchev–Trinajstić information content (AvgIpc) is 3.10. The molecule has 0 radical (unpaired) electrons. The fourth-order valence-electron chi connectivity index (χ4n) is 3.34. The second-order valence-electron chi connectivity index (χ2n) is 6.71. The normalized spacial score (nSPS) is 23.6. The van der Waals surface area contributed by atoms with Crippen molar-refractivity contribution in [2.45, 2.75) is 64.3 Å². The lowest BCUT2D eigenvalue weighted by Gasteiger charge is -2.25. The van der Waals surface area contributed by atoms with E-state index < -0.39 is 0 Å². The fourth-order valence-corrected chi connectivity index (χ4v) is 3.34.